The van der Waals surface area contributed by atoms with E-state index in [1.807, 2.05) is 52.0 Å². The largest absolute Gasteiger partial charge is 0.350 e. The smallest absolute Gasteiger partial charge is 0.242 e. The van der Waals surface area contributed by atoms with E-state index in [1.54, 1.807) is 13.0 Å². The average Bonchev–Trinajstić information content (AvgIpc) is 2.74. The van der Waals surface area contributed by atoms with E-state index >= 15 is 0 Å². The van der Waals surface area contributed by atoms with Crippen LogP contribution in [0, 0.1) is 6.92 Å². The predicted molar refractivity (Wildman–Crippen MR) is 147 cm³/mol. The fourth-order valence-corrected chi connectivity index (χ4v) is 5.13. The number of benzene rings is 2. The molecule has 0 spiro atoms. The Hall–Kier alpha value is -2.29. The second-order valence-electron chi connectivity index (χ2n) is 9.96. The van der Waals surface area contributed by atoms with Gasteiger partial charge in [0.2, 0.25) is 21.8 Å². The summed E-state index contributed by atoms with van der Waals surface area (Å²) in [6, 6.07) is 11.6. The third-order valence-electron chi connectivity index (χ3n) is 5.43. The van der Waals surface area contributed by atoms with Crippen LogP contribution >= 0.6 is 23.2 Å². The molecule has 0 heterocycles. The van der Waals surface area contributed by atoms with Crippen molar-refractivity contribution >= 4 is 50.7 Å². The number of carbonyl (C=O) groups excluding carboxylic acids is 2. The highest BCUT2D eigenvalue weighted by atomic mass is 35.5. The first-order valence-electron chi connectivity index (χ1n) is 11.7. The fourth-order valence-electron chi connectivity index (χ4n) is 3.72. The van der Waals surface area contributed by atoms with E-state index in [4.69, 9.17) is 23.2 Å². The summed E-state index contributed by atoms with van der Waals surface area (Å²) in [5, 5.41) is 3.52. The molecule has 0 saturated carbocycles. The standard InChI is InChI=1S/C26H35Cl2N3O4S/c1-18-9-7-10-20(15-18)17-30(19(2)25(33)29-26(3,4)5)24(32)11-8-14-31(36(6,34)35)23-16-21(27)12-13-22(23)28/h7,9-10,12-13,15-16,19H,8,11,14,17H2,1-6H3,(H,29,33)/t19-/m1/s1. The number of halogens is 2. The molecule has 0 bridgehead atoms. The molecule has 36 heavy (non-hydrogen) atoms. The molecule has 1 atom stereocenters. The first-order chi connectivity index (χ1) is 16.6. The highest BCUT2D eigenvalue weighted by Crippen LogP contribution is 2.31. The number of aryl methyl sites for hydroxylation is 1. The molecule has 2 rings (SSSR count). The van der Waals surface area contributed by atoms with Crippen molar-refractivity contribution in [1.29, 1.82) is 0 Å². The molecule has 0 aliphatic rings. The summed E-state index contributed by atoms with van der Waals surface area (Å²) in [6.45, 7) is 9.59. The predicted octanol–water partition coefficient (Wildman–Crippen LogP) is 5.18. The Morgan fingerprint density at radius 2 is 1.75 bits per heavy atom. The van der Waals surface area contributed by atoms with Crippen LogP contribution in [0.1, 0.15) is 51.7 Å². The molecule has 2 aromatic rings. The Morgan fingerprint density at radius 3 is 2.33 bits per heavy atom. The molecule has 0 unspecified atom stereocenters. The lowest BCUT2D eigenvalue weighted by atomic mass is 10.1. The molecule has 0 aromatic heterocycles. The summed E-state index contributed by atoms with van der Waals surface area (Å²) in [5.74, 6) is -0.509. The Balaban J connectivity index is 2.23. The van der Waals surface area contributed by atoms with Gasteiger partial charge >= 0.3 is 0 Å². The van der Waals surface area contributed by atoms with Gasteiger partial charge in [-0.05, 0) is 64.8 Å². The summed E-state index contributed by atoms with van der Waals surface area (Å²) >= 11 is 12.3. The van der Waals surface area contributed by atoms with Crippen molar-refractivity contribution in [3.05, 3.63) is 63.6 Å². The van der Waals surface area contributed by atoms with Crippen LogP contribution in [-0.4, -0.2) is 49.5 Å². The van der Waals surface area contributed by atoms with Crippen LogP contribution in [0.3, 0.4) is 0 Å². The zero-order chi connectivity index (χ0) is 27.3. The number of amides is 2. The molecule has 0 radical (unpaired) electrons. The van der Waals surface area contributed by atoms with Crippen molar-refractivity contribution in [3.63, 3.8) is 0 Å². The molecule has 0 aliphatic carbocycles. The molecule has 7 nitrogen and oxygen atoms in total. The summed E-state index contributed by atoms with van der Waals surface area (Å²) in [6.07, 6.45) is 1.35. The summed E-state index contributed by atoms with van der Waals surface area (Å²) < 4.78 is 26.1. The normalized spacial score (nSPS) is 12.7. The van der Waals surface area contributed by atoms with Crippen LogP contribution in [0.4, 0.5) is 5.69 Å². The monoisotopic (exact) mass is 555 g/mol. The first-order valence-corrected chi connectivity index (χ1v) is 14.3. The molecule has 1 N–H and O–H groups in total. The molecule has 0 aliphatic heterocycles. The van der Waals surface area contributed by atoms with E-state index in [9.17, 15) is 18.0 Å². The van der Waals surface area contributed by atoms with E-state index in [0.717, 1.165) is 21.7 Å². The molecule has 198 valence electrons. The van der Waals surface area contributed by atoms with Gasteiger partial charge in [0.25, 0.3) is 0 Å². The van der Waals surface area contributed by atoms with Gasteiger partial charge in [0.1, 0.15) is 6.04 Å². The van der Waals surface area contributed by atoms with E-state index < -0.39 is 21.6 Å². The minimum absolute atomic E-state index is 0.0332. The van der Waals surface area contributed by atoms with Gasteiger partial charge < -0.3 is 10.2 Å². The van der Waals surface area contributed by atoms with Gasteiger partial charge in [0, 0.05) is 30.1 Å². The maximum atomic E-state index is 13.4. The van der Waals surface area contributed by atoms with Crippen LogP contribution in [0.5, 0.6) is 0 Å². The van der Waals surface area contributed by atoms with Gasteiger partial charge in [-0.2, -0.15) is 0 Å². The minimum atomic E-state index is -3.68. The van der Waals surface area contributed by atoms with E-state index in [0.29, 0.717) is 5.02 Å². The van der Waals surface area contributed by atoms with E-state index in [2.05, 4.69) is 5.32 Å². The highest BCUT2D eigenvalue weighted by Gasteiger charge is 2.29. The Morgan fingerprint density at radius 1 is 1.08 bits per heavy atom. The van der Waals surface area contributed by atoms with Crippen molar-refractivity contribution in [3.8, 4) is 0 Å². The van der Waals surface area contributed by atoms with Crippen molar-refractivity contribution < 1.29 is 18.0 Å². The number of sulfonamides is 1. The van der Waals surface area contributed by atoms with Crippen molar-refractivity contribution in [1.82, 2.24) is 10.2 Å². The number of hydrogen-bond donors (Lipinski definition) is 1. The summed E-state index contributed by atoms with van der Waals surface area (Å²) in [5.41, 5.74) is 1.76. The number of hydrogen-bond acceptors (Lipinski definition) is 4. The molecule has 0 fully saturated rings. The van der Waals surface area contributed by atoms with Crippen LogP contribution in [0.25, 0.3) is 0 Å². The molecule has 2 aromatic carbocycles. The molecular formula is C26H35Cl2N3O4S. The highest BCUT2D eigenvalue weighted by molar-refractivity contribution is 7.92. The van der Waals surface area contributed by atoms with Crippen molar-refractivity contribution in [2.45, 2.75) is 65.6 Å². The Bertz CT molecular complexity index is 1200. The number of nitrogens with zero attached hydrogens (tertiary/aromatic N) is 2. The van der Waals surface area contributed by atoms with E-state index in [1.165, 1.54) is 17.0 Å². The Kier molecular flexibility index (Phi) is 10.2. The minimum Gasteiger partial charge on any atom is -0.350 e. The topological polar surface area (TPSA) is 86.8 Å². The maximum Gasteiger partial charge on any atom is 0.242 e. The molecule has 0 saturated heterocycles. The fraction of sp³-hybridized carbons (Fsp3) is 0.462. The van der Waals surface area contributed by atoms with Gasteiger partial charge in [-0.1, -0.05) is 53.0 Å². The third-order valence-corrected chi connectivity index (χ3v) is 7.16. The van der Waals surface area contributed by atoms with Crippen LogP contribution < -0.4 is 9.62 Å². The zero-order valence-corrected chi connectivity index (χ0v) is 24.0. The second-order valence-corrected chi connectivity index (χ2v) is 12.7. The third kappa shape index (κ3) is 8.98. The lowest BCUT2D eigenvalue weighted by Gasteiger charge is -2.32. The van der Waals surface area contributed by atoms with Gasteiger partial charge in [-0.3, -0.25) is 13.9 Å². The van der Waals surface area contributed by atoms with E-state index in [-0.39, 0.29) is 48.5 Å². The molecule has 2 amide bonds. The second kappa shape index (κ2) is 12.3. The molecule has 10 heteroatoms. The number of carbonyl (C=O) groups is 2. The van der Waals surface area contributed by atoms with Crippen LogP contribution in [0.15, 0.2) is 42.5 Å². The van der Waals surface area contributed by atoms with Gasteiger partial charge in [-0.25, -0.2) is 8.42 Å². The van der Waals surface area contributed by atoms with Gasteiger partial charge in [-0.15, -0.1) is 0 Å². The molecular weight excluding hydrogens is 521 g/mol. The number of nitrogens with one attached hydrogen (secondary N) is 1. The van der Waals surface area contributed by atoms with Crippen LogP contribution in [-0.2, 0) is 26.2 Å². The lowest BCUT2D eigenvalue weighted by molar-refractivity contribution is -0.141. The SMILES string of the molecule is Cc1cccc(CN(C(=O)CCCN(c2cc(Cl)ccc2Cl)S(C)(=O)=O)[C@H](C)C(=O)NC(C)(C)C)c1. The lowest BCUT2D eigenvalue weighted by Crippen LogP contribution is -2.52. The number of anilines is 1. The zero-order valence-electron chi connectivity index (χ0n) is 21.6. The quantitative estimate of drug-likeness (QED) is 0.437. The van der Waals surface area contributed by atoms with Crippen molar-refractivity contribution in [2.24, 2.45) is 0 Å². The van der Waals surface area contributed by atoms with Gasteiger partial charge in [0.15, 0.2) is 0 Å². The van der Waals surface area contributed by atoms with Crippen LogP contribution in [0.2, 0.25) is 10.0 Å². The maximum absolute atomic E-state index is 13.4. The number of rotatable bonds is 10. The van der Waals surface area contributed by atoms with Gasteiger partial charge in [0.05, 0.1) is 17.0 Å². The summed E-state index contributed by atoms with van der Waals surface area (Å²) in [4.78, 5) is 27.8. The average molecular weight is 557 g/mol. The first kappa shape index (κ1) is 29.9. The summed E-state index contributed by atoms with van der Waals surface area (Å²) in [7, 11) is -3.68. The Labute approximate surface area is 224 Å². The van der Waals surface area contributed by atoms with Crippen molar-refractivity contribution in [2.75, 3.05) is 17.1 Å².